The molecule has 5 heteroatoms. The number of nitrogens with one attached hydrogen (secondary N) is 1. The van der Waals surface area contributed by atoms with Crippen LogP contribution in [-0.4, -0.2) is 41.9 Å². The van der Waals surface area contributed by atoms with Gasteiger partial charge in [0, 0.05) is 18.0 Å². The second-order valence-corrected chi connectivity index (χ2v) is 7.00. The molecule has 1 amide bonds. The Hall–Kier alpha value is -0.520. The van der Waals surface area contributed by atoms with Crippen molar-refractivity contribution in [3.05, 3.63) is 21.9 Å². The van der Waals surface area contributed by atoms with E-state index in [1.165, 1.54) is 10.4 Å². The van der Waals surface area contributed by atoms with Crippen LogP contribution in [0.2, 0.25) is 0 Å². The third-order valence-electron chi connectivity index (χ3n) is 3.61. The van der Waals surface area contributed by atoms with Crippen LogP contribution in [0, 0.1) is 5.92 Å². The molecule has 98 valence electrons. The molecule has 1 fully saturated rings. The molecule has 0 radical (unpaired) electrons. The minimum Gasteiger partial charge on any atom is -0.337 e. The lowest BCUT2D eigenvalue weighted by atomic mass is 10.1. The van der Waals surface area contributed by atoms with Gasteiger partial charge in [-0.25, -0.2) is 0 Å². The third-order valence-corrected chi connectivity index (χ3v) is 5.79. The zero-order chi connectivity index (χ0) is 12.4. The molecule has 0 bridgehead atoms. The summed E-state index contributed by atoms with van der Waals surface area (Å²) in [7, 11) is 0. The second-order valence-electron chi connectivity index (χ2n) is 4.97. The quantitative estimate of drug-likeness (QED) is 0.910. The molecule has 1 aromatic heterocycles. The minimum absolute atomic E-state index is 0.309. The van der Waals surface area contributed by atoms with E-state index in [9.17, 15) is 4.79 Å². The van der Waals surface area contributed by atoms with E-state index in [4.69, 9.17) is 0 Å². The lowest BCUT2D eigenvalue weighted by Gasteiger charge is -2.28. The normalized spacial score (nSPS) is 19.4. The number of carbonyl (C=O) groups excluding carboxylic acids is 1. The molecular weight excluding hydrogens is 264 g/mol. The molecule has 0 spiro atoms. The monoisotopic (exact) mass is 282 g/mol. The van der Waals surface area contributed by atoms with Crippen LogP contribution < -0.4 is 5.32 Å². The van der Waals surface area contributed by atoms with Crippen molar-refractivity contribution >= 4 is 29.0 Å². The van der Waals surface area contributed by atoms with Gasteiger partial charge in [0.05, 0.1) is 5.75 Å². The predicted octanol–water partition coefficient (Wildman–Crippen LogP) is 1.59. The van der Waals surface area contributed by atoms with Gasteiger partial charge >= 0.3 is 0 Å². The molecule has 0 aliphatic carbocycles. The molecule has 3 rings (SSSR count). The highest BCUT2D eigenvalue weighted by atomic mass is 32.2. The molecule has 2 aliphatic heterocycles. The maximum atomic E-state index is 12.1. The zero-order valence-corrected chi connectivity index (χ0v) is 12.0. The fraction of sp³-hybridized carbons (Fsp3) is 0.615. The highest BCUT2D eigenvalue weighted by Crippen LogP contribution is 2.24. The number of carbonyl (C=O) groups is 1. The van der Waals surface area contributed by atoms with Gasteiger partial charge in [0.15, 0.2) is 0 Å². The van der Waals surface area contributed by atoms with Crippen LogP contribution in [-0.2, 0) is 17.8 Å². The minimum atomic E-state index is 0.309. The van der Waals surface area contributed by atoms with Crippen LogP contribution >= 0.6 is 23.1 Å². The van der Waals surface area contributed by atoms with Crippen molar-refractivity contribution in [2.24, 2.45) is 5.92 Å². The Balaban J connectivity index is 1.45. The maximum Gasteiger partial charge on any atom is 0.232 e. The number of rotatable bonds is 4. The number of hydrogen-bond donors (Lipinski definition) is 1. The lowest BCUT2D eigenvalue weighted by Crippen LogP contribution is -2.43. The molecule has 0 saturated carbocycles. The van der Waals surface area contributed by atoms with Crippen LogP contribution in [0.25, 0.3) is 0 Å². The Labute approximate surface area is 116 Å². The molecule has 3 nitrogen and oxygen atoms in total. The molecule has 0 atom stereocenters. The standard InChI is InChI=1S/C13H18N2OS2/c16-13(9-17-8-10-5-14-6-10)15-3-1-12-11(7-15)2-4-18-12/h2,4,10,14H,1,3,5-9H2. The van der Waals surface area contributed by atoms with Crippen molar-refractivity contribution in [2.45, 2.75) is 13.0 Å². The summed E-state index contributed by atoms with van der Waals surface area (Å²) in [4.78, 5) is 15.6. The third kappa shape index (κ3) is 2.73. The molecule has 1 saturated heterocycles. The SMILES string of the molecule is O=C(CSCC1CNC1)N1CCc2sccc2C1. The van der Waals surface area contributed by atoms with E-state index >= 15 is 0 Å². The summed E-state index contributed by atoms with van der Waals surface area (Å²) in [6, 6.07) is 2.16. The zero-order valence-electron chi connectivity index (χ0n) is 10.4. The molecule has 1 aromatic rings. The van der Waals surface area contributed by atoms with E-state index in [1.54, 1.807) is 11.8 Å². The Bertz CT molecular complexity index is 428. The number of thioether (sulfide) groups is 1. The molecule has 1 N–H and O–H groups in total. The van der Waals surface area contributed by atoms with Gasteiger partial charge in [0.1, 0.15) is 0 Å². The molecule has 0 unspecified atom stereocenters. The van der Waals surface area contributed by atoms with Crippen molar-refractivity contribution in [2.75, 3.05) is 31.1 Å². The summed E-state index contributed by atoms with van der Waals surface area (Å²) in [5.41, 5.74) is 1.35. The van der Waals surface area contributed by atoms with E-state index in [0.29, 0.717) is 11.7 Å². The van der Waals surface area contributed by atoms with Gasteiger partial charge < -0.3 is 10.2 Å². The molecule has 3 heterocycles. The van der Waals surface area contributed by atoms with E-state index in [-0.39, 0.29) is 0 Å². The van der Waals surface area contributed by atoms with Crippen molar-refractivity contribution in [3.63, 3.8) is 0 Å². The topological polar surface area (TPSA) is 32.3 Å². The van der Waals surface area contributed by atoms with Crippen LogP contribution in [0.15, 0.2) is 11.4 Å². The number of thiophene rings is 1. The average Bonchev–Trinajstić information content (AvgIpc) is 2.79. The average molecular weight is 282 g/mol. The molecular formula is C13H18N2OS2. The van der Waals surface area contributed by atoms with Crippen LogP contribution in [0.5, 0.6) is 0 Å². The first-order chi connectivity index (χ1) is 8.83. The van der Waals surface area contributed by atoms with E-state index in [0.717, 1.165) is 44.3 Å². The van der Waals surface area contributed by atoms with Crippen LogP contribution in [0.1, 0.15) is 10.4 Å². The summed E-state index contributed by atoms with van der Waals surface area (Å²) in [6.45, 7) is 3.98. The fourth-order valence-corrected chi connectivity index (χ4v) is 4.27. The Morgan fingerprint density at radius 2 is 2.44 bits per heavy atom. The fourth-order valence-electron chi connectivity index (χ4n) is 2.33. The Morgan fingerprint density at radius 3 is 3.22 bits per heavy atom. The maximum absolute atomic E-state index is 12.1. The molecule has 0 aromatic carbocycles. The smallest absolute Gasteiger partial charge is 0.232 e. The van der Waals surface area contributed by atoms with E-state index < -0.39 is 0 Å². The summed E-state index contributed by atoms with van der Waals surface area (Å²) in [5, 5.41) is 5.40. The van der Waals surface area contributed by atoms with Crippen molar-refractivity contribution in [1.29, 1.82) is 0 Å². The van der Waals surface area contributed by atoms with Crippen molar-refractivity contribution < 1.29 is 4.79 Å². The number of amides is 1. The highest BCUT2D eigenvalue weighted by Gasteiger charge is 2.22. The molecule has 2 aliphatic rings. The number of nitrogens with zero attached hydrogens (tertiary/aromatic N) is 1. The second kappa shape index (κ2) is 5.63. The number of fused-ring (bicyclic) bond motifs is 1. The van der Waals surface area contributed by atoms with E-state index in [1.807, 2.05) is 16.2 Å². The lowest BCUT2D eigenvalue weighted by molar-refractivity contribution is -0.129. The summed E-state index contributed by atoms with van der Waals surface area (Å²) < 4.78 is 0. The summed E-state index contributed by atoms with van der Waals surface area (Å²) >= 11 is 3.62. The molecule has 18 heavy (non-hydrogen) atoms. The van der Waals surface area contributed by atoms with Gasteiger partial charge in [-0.1, -0.05) is 0 Å². The summed E-state index contributed by atoms with van der Waals surface area (Å²) in [5.74, 6) is 2.86. The van der Waals surface area contributed by atoms with Crippen LogP contribution in [0.3, 0.4) is 0 Å². The van der Waals surface area contributed by atoms with E-state index in [2.05, 4.69) is 16.8 Å². The van der Waals surface area contributed by atoms with Crippen molar-refractivity contribution in [1.82, 2.24) is 10.2 Å². The first-order valence-corrected chi connectivity index (χ1v) is 8.48. The van der Waals surface area contributed by atoms with Crippen molar-refractivity contribution in [3.8, 4) is 0 Å². The Morgan fingerprint density at radius 1 is 1.56 bits per heavy atom. The van der Waals surface area contributed by atoms with Gasteiger partial charge in [0.2, 0.25) is 5.91 Å². The van der Waals surface area contributed by atoms with Gasteiger partial charge in [-0.15, -0.1) is 11.3 Å². The first-order valence-electron chi connectivity index (χ1n) is 6.44. The highest BCUT2D eigenvalue weighted by molar-refractivity contribution is 7.99. The largest absolute Gasteiger partial charge is 0.337 e. The van der Waals surface area contributed by atoms with Gasteiger partial charge in [-0.2, -0.15) is 11.8 Å². The van der Waals surface area contributed by atoms with Gasteiger partial charge in [0.25, 0.3) is 0 Å². The predicted molar refractivity (Wildman–Crippen MR) is 77.1 cm³/mol. The number of hydrogen-bond acceptors (Lipinski definition) is 4. The first kappa shape index (κ1) is 12.5. The van der Waals surface area contributed by atoms with Gasteiger partial charge in [-0.3, -0.25) is 4.79 Å². The summed E-state index contributed by atoms with van der Waals surface area (Å²) in [6.07, 6.45) is 1.04. The van der Waals surface area contributed by atoms with Crippen LogP contribution in [0.4, 0.5) is 0 Å². The Kier molecular flexibility index (Phi) is 3.91. The van der Waals surface area contributed by atoms with Gasteiger partial charge in [-0.05, 0) is 48.2 Å².